The summed E-state index contributed by atoms with van der Waals surface area (Å²) >= 11 is 0. The minimum absolute atomic E-state index is 0.0990. The van der Waals surface area contributed by atoms with Crippen LogP contribution in [0, 0.1) is 11.8 Å². The van der Waals surface area contributed by atoms with Crippen molar-refractivity contribution >= 4 is 11.7 Å². The summed E-state index contributed by atoms with van der Waals surface area (Å²) in [6.07, 6.45) is 8.74. The fraction of sp³-hybridized carbons (Fsp3) is 0.0735. The molecule has 9 aromatic carbocycles. The third kappa shape index (κ3) is 9.57. The van der Waals surface area contributed by atoms with Gasteiger partial charge in [-0.2, -0.15) is 0 Å². The van der Waals surface area contributed by atoms with Gasteiger partial charge in [-0.15, -0.1) is 0 Å². The second-order valence-corrected chi connectivity index (χ2v) is 19.0. The molecule has 6 nitrogen and oxygen atoms in total. The number of rotatable bonds is 11. The van der Waals surface area contributed by atoms with Crippen LogP contribution >= 0.6 is 0 Å². The first-order valence-electron chi connectivity index (χ1n) is 25.3. The van der Waals surface area contributed by atoms with Gasteiger partial charge < -0.3 is 4.90 Å². The summed E-state index contributed by atoms with van der Waals surface area (Å²) in [6, 6.07) is 83.0. The monoisotopic (exact) mass is 952 g/mol. The first kappa shape index (κ1) is 45.7. The largest absolute Gasteiger partial charge is 0.336 e. The van der Waals surface area contributed by atoms with Crippen LogP contribution in [0.25, 0.3) is 89.8 Å². The Morgan fingerprint density at radius 2 is 0.649 bits per heavy atom. The average molecular weight is 953 g/mol. The van der Waals surface area contributed by atoms with Crippen molar-refractivity contribution in [3.63, 3.8) is 0 Å². The zero-order valence-electron chi connectivity index (χ0n) is 41.2. The molecule has 3 atom stereocenters. The Kier molecular flexibility index (Phi) is 12.6. The summed E-state index contributed by atoms with van der Waals surface area (Å²) in [5.41, 5.74) is 16.1. The number of hydrogen-bond acceptors (Lipinski definition) is 6. The van der Waals surface area contributed by atoms with Gasteiger partial charge in [0, 0.05) is 40.8 Å². The van der Waals surface area contributed by atoms with Gasteiger partial charge in [-0.25, -0.2) is 24.9 Å². The predicted octanol–water partition coefficient (Wildman–Crippen LogP) is 16.1. The van der Waals surface area contributed by atoms with Crippen LogP contribution < -0.4 is 0 Å². The maximum atomic E-state index is 5.27. The van der Waals surface area contributed by atoms with Crippen LogP contribution in [-0.2, 0) is 0 Å². The normalized spacial score (nSPS) is 16.1. The second-order valence-electron chi connectivity index (χ2n) is 19.0. The highest BCUT2D eigenvalue weighted by Gasteiger charge is 2.33. The predicted molar refractivity (Wildman–Crippen MR) is 305 cm³/mol. The number of hydrogen-bond donors (Lipinski definition) is 0. The number of aliphatic imine (C=N–C) groups is 2. The average Bonchev–Trinajstić information content (AvgIpc) is 3.48. The van der Waals surface area contributed by atoms with Gasteiger partial charge in [-0.05, 0) is 98.0 Å². The van der Waals surface area contributed by atoms with Gasteiger partial charge in [-0.3, -0.25) is 0 Å². The smallest absolute Gasteiger partial charge is 0.164 e. The van der Waals surface area contributed by atoms with Crippen molar-refractivity contribution in [2.45, 2.75) is 13.1 Å². The third-order valence-electron chi connectivity index (χ3n) is 14.1. The Balaban J connectivity index is 0.832. The second kappa shape index (κ2) is 20.4. The standard InChI is InChI=1S/C68H52N6/c1-46-20-12-13-39-62(46)68-73-64(49-25-10-5-11-26-49)72-67(74(68)2)61-38-19-35-58(45-61)56-33-16-31-54(42-56)52-29-14-28-51(40-52)53-30-15-32-55(41-53)57-34-18-37-60(44-57)66-70-63(48-23-8-4-9-24-48)69-65(71-66)59-36-17-27-50(43-59)47-21-6-3-7-22-47/h3-46,62,68H,1-2H3. The molecule has 0 radical (unpaired) electrons. The van der Waals surface area contributed by atoms with Crippen LogP contribution in [0.1, 0.15) is 18.1 Å². The summed E-state index contributed by atoms with van der Waals surface area (Å²) in [7, 11) is 2.13. The molecule has 0 saturated heterocycles. The molecule has 0 bridgehead atoms. The molecule has 0 saturated carbocycles. The Morgan fingerprint density at radius 1 is 0.324 bits per heavy atom. The van der Waals surface area contributed by atoms with Crippen molar-refractivity contribution in [3.05, 3.63) is 272 Å². The fourth-order valence-corrected chi connectivity index (χ4v) is 10.1. The summed E-state index contributed by atoms with van der Waals surface area (Å²) < 4.78 is 0. The molecule has 2 heterocycles. The molecule has 12 rings (SSSR count). The van der Waals surface area contributed by atoms with E-state index in [-0.39, 0.29) is 12.1 Å². The van der Waals surface area contributed by atoms with Gasteiger partial charge in [0.1, 0.15) is 12.0 Å². The lowest BCUT2D eigenvalue weighted by molar-refractivity contribution is 0.264. The summed E-state index contributed by atoms with van der Waals surface area (Å²) in [4.78, 5) is 28.0. The molecule has 2 aliphatic rings. The summed E-state index contributed by atoms with van der Waals surface area (Å²) in [5.74, 6) is 4.11. The SMILES string of the molecule is CC1C=CC=CC1C1N=C(c2ccccc2)N=C(c2cccc(-c3cccc(-c4cccc(-c5cccc(-c6cccc(-c7nc(-c8ccccc8)nc(-c8cccc(-c9ccccc9)c8)n7)c6)c5)c4)c3)c2)N1C. The topological polar surface area (TPSA) is 66.6 Å². The number of allylic oxidation sites excluding steroid dienone is 3. The molecule has 3 unspecified atom stereocenters. The zero-order chi connectivity index (χ0) is 49.8. The van der Waals surface area contributed by atoms with Crippen LogP contribution in [-0.4, -0.2) is 44.7 Å². The lowest BCUT2D eigenvalue weighted by Crippen LogP contribution is -2.46. The minimum Gasteiger partial charge on any atom is -0.336 e. The summed E-state index contributed by atoms with van der Waals surface area (Å²) in [6.45, 7) is 2.27. The van der Waals surface area contributed by atoms with Crippen molar-refractivity contribution in [2.24, 2.45) is 21.8 Å². The van der Waals surface area contributed by atoms with E-state index in [0.717, 1.165) is 95.1 Å². The van der Waals surface area contributed by atoms with Gasteiger partial charge in [0.15, 0.2) is 23.3 Å². The molecule has 6 heteroatoms. The zero-order valence-corrected chi connectivity index (χ0v) is 41.2. The third-order valence-corrected chi connectivity index (χ3v) is 14.1. The molecule has 0 N–H and O–H groups in total. The van der Waals surface area contributed by atoms with Crippen LogP contribution in [0.15, 0.2) is 271 Å². The van der Waals surface area contributed by atoms with Crippen molar-refractivity contribution < 1.29 is 0 Å². The van der Waals surface area contributed by atoms with Gasteiger partial charge in [-0.1, -0.05) is 231 Å². The molecule has 74 heavy (non-hydrogen) atoms. The van der Waals surface area contributed by atoms with Crippen molar-refractivity contribution in [1.82, 2.24) is 19.9 Å². The van der Waals surface area contributed by atoms with Gasteiger partial charge in [0.05, 0.1) is 0 Å². The van der Waals surface area contributed by atoms with E-state index in [0.29, 0.717) is 23.4 Å². The van der Waals surface area contributed by atoms with E-state index in [4.69, 9.17) is 24.9 Å². The van der Waals surface area contributed by atoms with Crippen molar-refractivity contribution in [3.8, 4) is 89.8 Å². The van der Waals surface area contributed by atoms with Crippen molar-refractivity contribution in [2.75, 3.05) is 7.05 Å². The summed E-state index contributed by atoms with van der Waals surface area (Å²) in [5, 5.41) is 0. The quantitative estimate of drug-likeness (QED) is 0.130. The number of aromatic nitrogens is 3. The molecule has 1 aromatic heterocycles. The molecular weight excluding hydrogens is 901 g/mol. The minimum atomic E-state index is -0.0990. The van der Waals surface area contributed by atoms with Crippen LogP contribution in [0.4, 0.5) is 0 Å². The van der Waals surface area contributed by atoms with E-state index in [1.807, 2.05) is 42.5 Å². The van der Waals surface area contributed by atoms with E-state index >= 15 is 0 Å². The Bertz CT molecular complexity index is 3780. The molecule has 0 amide bonds. The van der Waals surface area contributed by atoms with Crippen molar-refractivity contribution in [1.29, 1.82) is 0 Å². The highest BCUT2D eigenvalue weighted by atomic mass is 15.3. The fourth-order valence-electron chi connectivity index (χ4n) is 10.1. The first-order valence-corrected chi connectivity index (χ1v) is 25.3. The molecule has 0 spiro atoms. The van der Waals surface area contributed by atoms with E-state index in [9.17, 15) is 0 Å². The Hall–Kier alpha value is -9.39. The molecule has 0 fully saturated rings. The molecule has 1 aliphatic carbocycles. The first-order chi connectivity index (χ1) is 36.5. The molecule has 354 valence electrons. The van der Waals surface area contributed by atoms with Crippen LogP contribution in [0.2, 0.25) is 0 Å². The van der Waals surface area contributed by atoms with Gasteiger partial charge in [0.25, 0.3) is 0 Å². The van der Waals surface area contributed by atoms with E-state index in [2.05, 4.69) is 237 Å². The van der Waals surface area contributed by atoms with E-state index in [1.54, 1.807) is 0 Å². The highest BCUT2D eigenvalue weighted by molar-refractivity contribution is 6.13. The van der Waals surface area contributed by atoms with E-state index in [1.165, 1.54) is 0 Å². The Morgan fingerprint density at radius 3 is 1.09 bits per heavy atom. The van der Waals surface area contributed by atoms with E-state index < -0.39 is 0 Å². The maximum absolute atomic E-state index is 5.27. The van der Waals surface area contributed by atoms with Gasteiger partial charge in [0.2, 0.25) is 0 Å². The Labute approximate surface area is 433 Å². The maximum Gasteiger partial charge on any atom is 0.164 e. The number of amidine groups is 2. The lowest BCUT2D eigenvalue weighted by Gasteiger charge is -2.38. The van der Waals surface area contributed by atoms with Crippen LogP contribution in [0.5, 0.6) is 0 Å². The number of benzene rings is 9. The molecular formula is C68H52N6. The van der Waals surface area contributed by atoms with Gasteiger partial charge >= 0.3 is 0 Å². The lowest BCUT2D eigenvalue weighted by atomic mass is 9.86. The molecule has 10 aromatic rings. The highest BCUT2D eigenvalue weighted by Crippen LogP contribution is 2.36. The molecule has 1 aliphatic heterocycles. The number of nitrogens with zero attached hydrogens (tertiary/aromatic N) is 6. The van der Waals surface area contributed by atoms with Crippen LogP contribution in [0.3, 0.4) is 0 Å².